The highest BCUT2D eigenvalue weighted by atomic mass is 16.7. The maximum Gasteiger partial charge on any atom is 0.340 e. The van der Waals surface area contributed by atoms with Crippen molar-refractivity contribution in [1.29, 1.82) is 0 Å². The SMILES string of the molecule is O=C(OC1OCC(O)C(OC(=O)c2cc(O)c(O)c(O)c2)C1O)c1cc(O)c(O)c(O)c1. The first-order valence-corrected chi connectivity index (χ1v) is 8.89. The van der Waals surface area contributed by atoms with E-state index in [1.807, 2.05) is 0 Å². The fourth-order valence-corrected chi connectivity index (χ4v) is 2.83. The molecule has 4 unspecified atom stereocenters. The molecule has 2 aromatic rings. The molecule has 1 aliphatic heterocycles. The van der Waals surface area contributed by atoms with Crippen molar-refractivity contribution in [2.45, 2.75) is 24.6 Å². The Bertz CT molecular complexity index is 1000. The highest BCUT2D eigenvalue weighted by Crippen LogP contribution is 2.37. The number of hydrogen-bond acceptors (Lipinski definition) is 13. The van der Waals surface area contributed by atoms with E-state index in [1.54, 1.807) is 0 Å². The molecule has 0 spiro atoms. The van der Waals surface area contributed by atoms with Crippen LogP contribution in [0.25, 0.3) is 0 Å². The van der Waals surface area contributed by atoms with Gasteiger partial charge in [-0.05, 0) is 24.3 Å². The Hall–Kier alpha value is -3.94. The molecule has 0 aromatic heterocycles. The molecular weight excluding hydrogens is 436 g/mol. The summed E-state index contributed by atoms with van der Waals surface area (Å²) in [7, 11) is 0. The number of esters is 2. The molecule has 2 aromatic carbocycles. The van der Waals surface area contributed by atoms with E-state index in [1.165, 1.54) is 0 Å². The maximum atomic E-state index is 12.3. The quantitative estimate of drug-likeness (QED) is 0.213. The van der Waals surface area contributed by atoms with E-state index in [0.29, 0.717) is 0 Å². The van der Waals surface area contributed by atoms with Gasteiger partial charge in [0.15, 0.2) is 46.7 Å². The zero-order valence-corrected chi connectivity index (χ0v) is 15.9. The molecule has 1 saturated heterocycles. The van der Waals surface area contributed by atoms with Crippen LogP contribution < -0.4 is 0 Å². The Labute approximate surface area is 178 Å². The van der Waals surface area contributed by atoms with Crippen LogP contribution in [0, 0.1) is 0 Å². The number of rotatable bonds is 4. The van der Waals surface area contributed by atoms with Crippen LogP contribution in [0.15, 0.2) is 24.3 Å². The molecule has 1 heterocycles. The summed E-state index contributed by atoms with van der Waals surface area (Å²) >= 11 is 0. The first kappa shape index (κ1) is 22.7. The number of carbonyl (C=O) groups is 2. The van der Waals surface area contributed by atoms with Crippen LogP contribution >= 0.6 is 0 Å². The number of aliphatic hydroxyl groups excluding tert-OH is 2. The molecule has 0 radical (unpaired) electrons. The molecule has 0 aliphatic carbocycles. The van der Waals surface area contributed by atoms with E-state index in [9.17, 15) is 50.4 Å². The number of carbonyl (C=O) groups excluding carboxylic acids is 2. The molecule has 3 rings (SSSR count). The van der Waals surface area contributed by atoms with Gasteiger partial charge in [-0.3, -0.25) is 0 Å². The number of phenols is 6. The van der Waals surface area contributed by atoms with Crippen molar-refractivity contribution in [2.24, 2.45) is 0 Å². The van der Waals surface area contributed by atoms with Crippen molar-refractivity contribution in [3.63, 3.8) is 0 Å². The van der Waals surface area contributed by atoms with Gasteiger partial charge in [-0.25, -0.2) is 9.59 Å². The van der Waals surface area contributed by atoms with Gasteiger partial charge in [0, 0.05) is 0 Å². The molecule has 0 bridgehead atoms. The molecule has 0 saturated carbocycles. The normalized spacial score (nSPS) is 22.8. The molecule has 1 aliphatic rings. The third-order valence-electron chi connectivity index (χ3n) is 4.50. The summed E-state index contributed by atoms with van der Waals surface area (Å²) in [5.41, 5.74) is -0.837. The molecule has 13 heteroatoms. The lowest BCUT2D eigenvalue weighted by Crippen LogP contribution is -2.56. The van der Waals surface area contributed by atoms with Gasteiger partial charge in [-0.1, -0.05) is 0 Å². The zero-order valence-electron chi connectivity index (χ0n) is 15.9. The van der Waals surface area contributed by atoms with Crippen molar-refractivity contribution in [3.05, 3.63) is 35.4 Å². The summed E-state index contributed by atoms with van der Waals surface area (Å²) in [6.45, 7) is -0.537. The average molecular weight is 454 g/mol. The largest absolute Gasteiger partial charge is 0.504 e. The minimum absolute atomic E-state index is 0.414. The Morgan fingerprint density at radius 2 is 1.16 bits per heavy atom. The molecule has 8 N–H and O–H groups in total. The molecular formula is C19H18O13. The van der Waals surface area contributed by atoms with E-state index in [-0.39, 0.29) is 0 Å². The summed E-state index contributed by atoms with van der Waals surface area (Å²) in [5.74, 6) is -7.42. The standard InChI is InChI=1S/C19H18O13/c20-8-1-6(2-9(21)13(8)25)17(28)31-16-12(24)5-30-19(15(16)27)32-18(29)7-3-10(22)14(26)11(23)4-7/h1-4,12,15-16,19-27H,5H2. The summed E-state index contributed by atoms with van der Waals surface area (Å²) < 4.78 is 15.0. The highest BCUT2D eigenvalue weighted by molar-refractivity contribution is 5.92. The maximum absolute atomic E-state index is 12.3. The Kier molecular flexibility index (Phi) is 6.16. The molecule has 32 heavy (non-hydrogen) atoms. The third kappa shape index (κ3) is 4.39. The van der Waals surface area contributed by atoms with Crippen molar-refractivity contribution < 1.29 is 64.7 Å². The second-order valence-corrected chi connectivity index (χ2v) is 6.76. The van der Waals surface area contributed by atoms with Gasteiger partial charge in [-0.15, -0.1) is 0 Å². The van der Waals surface area contributed by atoms with E-state index in [0.717, 1.165) is 24.3 Å². The minimum Gasteiger partial charge on any atom is -0.504 e. The van der Waals surface area contributed by atoms with Crippen LogP contribution in [-0.4, -0.2) is 84.0 Å². The first-order chi connectivity index (χ1) is 15.0. The second-order valence-electron chi connectivity index (χ2n) is 6.76. The van der Waals surface area contributed by atoms with Crippen molar-refractivity contribution >= 4 is 11.9 Å². The number of aromatic hydroxyl groups is 6. The molecule has 4 atom stereocenters. The predicted molar refractivity (Wildman–Crippen MR) is 99.2 cm³/mol. The summed E-state index contributed by atoms with van der Waals surface area (Å²) in [4.78, 5) is 24.5. The van der Waals surface area contributed by atoms with Crippen molar-refractivity contribution in [3.8, 4) is 34.5 Å². The van der Waals surface area contributed by atoms with Crippen molar-refractivity contribution in [2.75, 3.05) is 6.61 Å². The van der Waals surface area contributed by atoms with Crippen LogP contribution in [0.3, 0.4) is 0 Å². The lowest BCUT2D eigenvalue weighted by molar-refractivity contribution is -0.251. The highest BCUT2D eigenvalue weighted by Gasteiger charge is 2.44. The smallest absolute Gasteiger partial charge is 0.340 e. The van der Waals surface area contributed by atoms with E-state index in [4.69, 9.17) is 14.2 Å². The van der Waals surface area contributed by atoms with Gasteiger partial charge >= 0.3 is 11.9 Å². The fraction of sp³-hybridized carbons (Fsp3) is 0.263. The van der Waals surface area contributed by atoms with Crippen LogP contribution in [0.2, 0.25) is 0 Å². The predicted octanol–water partition coefficient (Wildman–Crippen LogP) is -0.619. The molecule has 172 valence electrons. The monoisotopic (exact) mass is 454 g/mol. The summed E-state index contributed by atoms with van der Waals surface area (Å²) in [6.07, 6.45) is -6.87. The van der Waals surface area contributed by atoms with Gasteiger partial charge in [0.25, 0.3) is 0 Å². The number of benzene rings is 2. The van der Waals surface area contributed by atoms with Crippen LogP contribution in [0.1, 0.15) is 20.7 Å². The second kappa shape index (κ2) is 8.66. The topological polar surface area (TPSA) is 224 Å². The molecule has 1 fully saturated rings. The van der Waals surface area contributed by atoms with E-state index >= 15 is 0 Å². The van der Waals surface area contributed by atoms with Crippen LogP contribution in [-0.2, 0) is 14.2 Å². The van der Waals surface area contributed by atoms with E-state index in [2.05, 4.69) is 0 Å². The zero-order chi connectivity index (χ0) is 23.7. The lowest BCUT2D eigenvalue weighted by atomic mass is 10.0. The van der Waals surface area contributed by atoms with E-state index < -0.39 is 88.8 Å². The van der Waals surface area contributed by atoms with Crippen LogP contribution in [0.4, 0.5) is 0 Å². The molecule has 13 nitrogen and oxygen atoms in total. The van der Waals surface area contributed by atoms with Crippen molar-refractivity contribution in [1.82, 2.24) is 0 Å². The Morgan fingerprint density at radius 1 is 0.750 bits per heavy atom. The Morgan fingerprint density at radius 3 is 1.59 bits per heavy atom. The lowest BCUT2D eigenvalue weighted by Gasteiger charge is -2.36. The van der Waals surface area contributed by atoms with Gasteiger partial charge in [0.05, 0.1) is 17.7 Å². The number of ether oxygens (including phenoxy) is 3. The number of hydrogen-bond donors (Lipinski definition) is 8. The fourth-order valence-electron chi connectivity index (χ4n) is 2.83. The van der Waals surface area contributed by atoms with Crippen LogP contribution in [0.5, 0.6) is 34.5 Å². The van der Waals surface area contributed by atoms with Gasteiger partial charge in [-0.2, -0.15) is 0 Å². The average Bonchev–Trinajstić information content (AvgIpc) is 2.74. The van der Waals surface area contributed by atoms with Gasteiger partial charge in [0.2, 0.25) is 6.29 Å². The van der Waals surface area contributed by atoms with Gasteiger partial charge in [0.1, 0.15) is 6.10 Å². The first-order valence-electron chi connectivity index (χ1n) is 8.89. The number of aliphatic hydroxyl groups is 2. The van der Waals surface area contributed by atoms with Gasteiger partial charge < -0.3 is 55.1 Å². The Balaban J connectivity index is 1.74. The summed E-state index contributed by atoms with van der Waals surface area (Å²) in [6, 6.07) is 3.11. The number of phenolic OH excluding ortho intramolecular Hbond substituents is 6. The summed E-state index contributed by atoms with van der Waals surface area (Å²) in [5, 5.41) is 77.0. The third-order valence-corrected chi connectivity index (χ3v) is 4.50. The molecule has 0 amide bonds. The minimum atomic E-state index is -1.90.